The standard InChI is InChI=1S/C19H20O5/c20-13-3-6-18(23)19(24)10-12-2-5-17(22)15(9-12)14-8-11(7-13)1-4-16(14)21/h1-2,4-5,8-9,13,19-22,24H,3,6-7,10H2/t13-,19-/m1/s1. The second kappa shape index (κ2) is 6.63. The van der Waals surface area contributed by atoms with Crippen molar-refractivity contribution < 1.29 is 25.2 Å². The van der Waals surface area contributed by atoms with Crippen LogP contribution in [0.2, 0.25) is 0 Å². The molecule has 1 aliphatic rings. The minimum Gasteiger partial charge on any atom is -0.507 e. The molecule has 0 radical (unpaired) electrons. The normalized spacial score (nSPS) is 21.5. The van der Waals surface area contributed by atoms with Crippen LogP contribution in [0.25, 0.3) is 11.1 Å². The molecule has 4 N–H and O–H groups in total. The van der Waals surface area contributed by atoms with Gasteiger partial charge in [-0.25, -0.2) is 0 Å². The number of phenolic OH excluding ortho intramolecular Hbond substituents is 2. The van der Waals surface area contributed by atoms with Gasteiger partial charge in [-0.15, -0.1) is 0 Å². The van der Waals surface area contributed by atoms with Crippen molar-refractivity contribution in [3.8, 4) is 22.6 Å². The predicted octanol–water partition coefficient (Wildman–Crippen LogP) is 1.93. The highest BCUT2D eigenvalue weighted by molar-refractivity contribution is 5.83. The summed E-state index contributed by atoms with van der Waals surface area (Å²) in [7, 11) is 0. The number of hydrogen-bond acceptors (Lipinski definition) is 5. The van der Waals surface area contributed by atoms with E-state index in [4.69, 9.17) is 0 Å². The van der Waals surface area contributed by atoms with Crippen molar-refractivity contribution in [2.75, 3.05) is 0 Å². The number of aromatic hydroxyl groups is 2. The van der Waals surface area contributed by atoms with E-state index in [0.717, 1.165) is 5.56 Å². The summed E-state index contributed by atoms with van der Waals surface area (Å²) in [5, 5.41) is 40.5. The molecule has 5 nitrogen and oxygen atoms in total. The smallest absolute Gasteiger partial charge is 0.161 e. The summed E-state index contributed by atoms with van der Waals surface area (Å²) in [6, 6.07) is 9.77. The average Bonchev–Trinajstić information content (AvgIpc) is 2.56. The summed E-state index contributed by atoms with van der Waals surface area (Å²) in [5.41, 5.74) is 2.37. The Balaban J connectivity index is 2.12. The molecule has 0 aliphatic heterocycles. The van der Waals surface area contributed by atoms with E-state index in [2.05, 4.69) is 0 Å². The number of aliphatic hydroxyl groups excluding tert-OH is 2. The van der Waals surface area contributed by atoms with E-state index < -0.39 is 12.2 Å². The highest BCUT2D eigenvalue weighted by Crippen LogP contribution is 2.37. The second-order valence-electron chi connectivity index (χ2n) is 6.29. The van der Waals surface area contributed by atoms with Crippen molar-refractivity contribution >= 4 is 5.78 Å². The molecule has 0 saturated carbocycles. The van der Waals surface area contributed by atoms with Crippen molar-refractivity contribution in [1.29, 1.82) is 0 Å². The molecule has 1 aliphatic carbocycles. The third-order valence-electron chi connectivity index (χ3n) is 4.41. The van der Waals surface area contributed by atoms with Crippen LogP contribution in [-0.4, -0.2) is 38.4 Å². The largest absolute Gasteiger partial charge is 0.507 e. The van der Waals surface area contributed by atoms with Crippen LogP contribution in [0.1, 0.15) is 24.0 Å². The van der Waals surface area contributed by atoms with Crippen LogP contribution in [-0.2, 0) is 17.6 Å². The highest BCUT2D eigenvalue weighted by atomic mass is 16.3. The van der Waals surface area contributed by atoms with E-state index in [-0.39, 0.29) is 36.5 Å². The third-order valence-corrected chi connectivity index (χ3v) is 4.41. The van der Waals surface area contributed by atoms with Gasteiger partial charge in [0, 0.05) is 24.0 Å². The first kappa shape index (κ1) is 16.5. The van der Waals surface area contributed by atoms with Gasteiger partial charge in [0.1, 0.15) is 17.6 Å². The molecule has 126 valence electrons. The molecule has 2 aromatic carbocycles. The molecule has 4 bridgehead atoms. The molecule has 0 unspecified atom stereocenters. The lowest BCUT2D eigenvalue weighted by Crippen LogP contribution is -2.24. The zero-order valence-electron chi connectivity index (χ0n) is 13.1. The monoisotopic (exact) mass is 328 g/mol. The second-order valence-corrected chi connectivity index (χ2v) is 6.29. The number of aliphatic hydroxyl groups is 2. The van der Waals surface area contributed by atoms with Crippen molar-refractivity contribution in [2.45, 2.75) is 37.9 Å². The Morgan fingerprint density at radius 2 is 1.38 bits per heavy atom. The number of Topliss-reactive ketones (excluding diaryl/α,β-unsaturated/α-hetero) is 1. The molecule has 2 atom stereocenters. The minimum atomic E-state index is -1.15. The third kappa shape index (κ3) is 3.42. The maximum absolute atomic E-state index is 12.0. The molecule has 2 aromatic rings. The Morgan fingerprint density at radius 1 is 0.833 bits per heavy atom. The average molecular weight is 328 g/mol. The molecule has 0 heterocycles. The molecule has 0 fully saturated rings. The van der Waals surface area contributed by atoms with Gasteiger partial charge in [0.05, 0.1) is 6.10 Å². The van der Waals surface area contributed by atoms with Crippen LogP contribution >= 0.6 is 0 Å². The van der Waals surface area contributed by atoms with Crippen LogP contribution in [0.5, 0.6) is 11.5 Å². The zero-order chi connectivity index (χ0) is 17.3. The van der Waals surface area contributed by atoms with E-state index in [1.807, 2.05) is 0 Å². The summed E-state index contributed by atoms with van der Waals surface area (Å²) in [5.74, 6) is -0.285. The number of rotatable bonds is 0. The van der Waals surface area contributed by atoms with Crippen molar-refractivity contribution in [2.24, 2.45) is 0 Å². The fourth-order valence-electron chi connectivity index (χ4n) is 3.04. The van der Waals surface area contributed by atoms with Gasteiger partial charge in [0.25, 0.3) is 0 Å². The molecule has 5 heteroatoms. The lowest BCUT2D eigenvalue weighted by molar-refractivity contribution is -0.127. The number of hydrogen-bond donors (Lipinski definition) is 4. The Kier molecular flexibility index (Phi) is 4.55. The van der Waals surface area contributed by atoms with Crippen molar-refractivity contribution in [1.82, 2.24) is 0 Å². The first-order valence-corrected chi connectivity index (χ1v) is 7.97. The fourth-order valence-corrected chi connectivity index (χ4v) is 3.04. The summed E-state index contributed by atoms with van der Waals surface area (Å²) in [6.45, 7) is 0. The topological polar surface area (TPSA) is 98.0 Å². The van der Waals surface area contributed by atoms with E-state index >= 15 is 0 Å². The number of phenols is 2. The Labute approximate surface area is 139 Å². The van der Waals surface area contributed by atoms with Crippen LogP contribution < -0.4 is 0 Å². The van der Waals surface area contributed by atoms with Gasteiger partial charge >= 0.3 is 0 Å². The molecule has 24 heavy (non-hydrogen) atoms. The van der Waals surface area contributed by atoms with Crippen molar-refractivity contribution in [3.63, 3.8) is 0 Å². The summed E-state index contributed by atoms with van der Waals surface area (Å²) >= 11 is 0. The fraction of sp³-hybridized carbons (Fsp3) is 0.316. The lowest BCUT2D eigenvalue weighted by atomic mass is 9.96. The number of fused-ring (bicyclic) bond motifs is 5. The maximum atomic E-state index is 12.0. The Hall–Kier alpha value is -2.37. The number of ketones is 1. The molecular weight excluding hydrogens is 308 g/mol. The quantitative estimate of drug-likeness (QED) is 0.592. The van der Waals surface area contributed by atoms with E-state index in [0.29, 0.717) is 23.1 Å². The van der Waals surface area contributed by atoms with E-state index in [1.165, 1.54) is 12.1 Å². The summed E-state index contributed by atoms with van der Waals surface area (Å²) in [4.78, 5) is 12.0. The number of benzene rings is 2. The number of carbonyl (C=O) groups excluding carboxylic acids is 1. The van der Waals surface area contributed by atoms with Gasteiger partial charge in [0.15, 0.2) is 5.78 Å². The molecule has 0 spiro atoms. The Bertz CT molecular complexity index is 768. The maximum Gasteiger partial charge on any atom is 0.161 e. The van der Waals surface area contributed by atoms with Crippen LogP contribution in [0.15, 0.2) is 36.4 Å². The molecular formula is C19H20O5. The SMILES string of the molecule is O=C1CC[C@@H](O)Cc2ccc(O)c(c2)-c2cc(ccc2O)C[C@H]1O. The van der Waals surface area contributed by atoms with Gasteiger partial charge in [-0.05, 0) is 48.2 Å². The molecule has 3 rings (SSSR count). The van der Waals surface area contributed by atoms with E-state index in [9.17, 15) is 25.2 Å². The van der Waals surface area contributed by atoms with Gasteiger partial charge in [-0.2, -0.15) is 0 Å². The molecule has 0 aromatic heterocycles. The minimum absolute atomic E-state index is 0.00226. The molecule has 0 saturated heterocycles. The van der Waals surface area contributed by atoms with Crippen molar-refractivity contribution in [3.05, 3.63) is 47.5 Å². The van der Waals surface area contributed by atoms with Crippen LogP contribution in [0.3, 0.4) is 0 Å². The zero-order valence-corrected chi connectivity index (χ0v) is 13.1. The number of carbonyl (C=O) groups is 1. The van der Waals surface area contributed by atoms with Gasteiger partial charge < -0.3 is 20.4 Å². The van der Waals surface area contributed by atoms with Gasteiger partial charge in [0.2, 0.25) is 0 Å². The molecule has 0 amide bonds. The van der Waals surface area contributed by atoms with Gasteiger partial charge in [-0.1, -0.05) is 12.1 Å². The lowest BCUT2D eigenvalue weighted by Gasteiger charge is -2.13. The summed E-state index contributed by atoms with van der Waals surface area (Å²) in [6.07, 6.45) is -1.02. The first-order valence-electron chi connectivity index (χ1n) is 7.97. The first-order chi connectivity index (χ1) is 11.4. The summed E-state index contributed by atoms with van der Waals surface area (Å²) < 4.78 is 0. The van der Waals surface area contributed by atoms with Crippen LogP contribution in [0, 0.1) is 0 Å². The van der Waals surface area contributed by atoms with Crippen LogP contribution in [0.4, 0.5) is 0 Å². The van der Waals surface area contributed by atoms with E-state index in [1.54, 1.807) is 24.3 Å². The Morgan fingerprint density at radius 3 is 1.96 bits per heavy atom. The van der Waals surface area contributed by atoms with Gasteiger partial charge in [-0.3, -0.25) is 4.79 Å². The highest BCUT2D eigenvalue weighted by Gasteiger charge is 2.20. The predicted molar refractivity (Wildman–Crippen MR) is 88.9 cm³/mol.